The molecule has 0 radical (unpaired) electrons. The Balaban J connectivity index is 2.07. The van der Waals surface area contributed by atoms with E-state index in [-0.39, 0.29) is 6.42 Å². The number of carbonyl (C=O) groups is 1. The summed E-state index contributed by atoms with van der Waals surface area (Å²) in [6.07, 6.45) is -0.116. The van der Waals surface area contributed by atoms with Crippen LogP contribution >= 0.6 is 11.6 Å². The molecule has 0 saturated carbocycles. The summed E-state index contributed by atoms with van der Waals surface area (Å²) < 4.78 is 0. The molecule has 0 saturated heterocycles. The lowest BCUT2D eigenvalue weighted by molar-refractivity contribution is -0.136. The van der Waals surface area contributed by atoms with E-state index in [0.717, 1.165) is 22.3 Å². The molecule has 0 fully saturated rings. The van der Waals surface area contributed by atoms with Crippen molar-refractivity contribution in [3.05, 3.63) is 65.3 Å². The maximum absolute atomic E-state index is 10.9. The number of para-hydroxylation sites is 1. The Labute approximate surface area is 132 Å². The lowest BCUT2D eigenvalue weighted by atomic mass is 10.1. The number of pyridine rings is 1. The molecule has 110 valence electrons. The maximum atomic E-state index is 10.9. The first kappa shape index (κ1) is 14.4. The van der Waals surface area contributed by atoms with Gasteiger partial charge in [-0.3, -0.25) is 9.78 Å². The molecular formula is C17H13ClN2O2. The van der Waals surface area contributed by atoms with Gasteiger partial charge in [-0.2, -0.15) is 0 Å². The molecule has 0 amide bonds. The molecule has 0 atom stereocenters. The first-order valence-electron chi connectivity index (χ1n) is 6.75. The highest BCUT2D eigenvalue weighted by Crippen LogP contribution is 2.27. The molecule has 0 aliphatic heterocycles. The summed E-state index contributed by atoms with van der Waals surface area (Å²) in [5.41, 5.74) is 2.91. The number of nitrogens with one attached hydrogen (secondary N) is 1. The minimum absolute atomic E-state index is 0.116. The van der Waals surface area contributed by atoms with Crippen LogP contribution < -0.4 is 5.32 Å². The molecule has 4 nitrogen and oxygen atoms in total. The zero-order valence-electron chi connectivity index (χ0n) is 11.6. The number of hydrogen-bond acceptors (Lipinski definition) is 3. The normalized spacial score (nSPS) is 10.6. The summed E-state index contributed by atoms with van der Waals surface area (Å²) in [6, 6.07) is 16.7. The van der Waals surface area contributed by atoms with E-state index in [1.54, 1.807) is 12.1 Å². The van der Waals surface area contributed by atoms with Crippen molar-refractivity contribution in [3.63, 3.8) is 0 Å². The van der Waals surface area contributed by atoms with Gasteiger partial charge in [0, 0.05) is 21.8 Å². The summed E-state index contributed by atoms with van der Waals surface area (Å²) >= 11 is 6.00. The largest absolute Gasteiger partial charge is 0.481 e. The van der Waals surface area contributed by atoms with Crippen LogP contribution in [0.25, 0.3) is 10.9 Å². The molecule has 1 aromatic heterocycles. The molecule has 0 aliphatic rings. The number of benzene rings is 2. The number of carboxylic acids is 1. The molecule has 0 spiro atoms. The van der Waals surface area contributed by atoms with Crippen molar-refractivity contribution < 1.29 is 9.90 Å². The average molecular weight is 313 g/mol. The summed E-state index contributed by atoms with van der Waals surface area (Å²) in [7, 11) is 0. The van der Waals surface area contributed by atoms with E-state index >= 15 is 0 Å². The minimum Gasteiger partial charge on any atom is -0.481 e. The van der Waals surface area contributed by atoms with Crippen molar-refractivity contribution in [1.82, 2.24) is 4.98 Å². The Morgan fingerprint density at radius 1 is 1.14 bits per heavy atom. The maximum Gasteiger partial charge on any atom is 0.309 e. The Bertz CT molecular complexity index is 849. The number of anilines is 2. The number of aliphatic carboxylic acids is 1. The van der Waals surface area contributed by atoms with E-state index in [2.05, 4.69) is 10.3 Å². The summed E-state index contributed by atoms with van der Waals surface area (Å²) in [6.45, 7) is 0. The van der Waals surface area contributed by atoms with Crippen LogP contribution in [-0.4, -0.2) is 16.1 Å². The second kappa shape index (κ2) is 6.03. The molecule has 2 N–H and O–H groups in total. The van der Waals surface area contributed by atoms with Gasteiger partial charge in [-0.1, -0.05) is 35.9 Å². The number of aromatic nitrogens is 1. The molecule has 22 heavy (non-hydrogen) atoms. The molecule has 0 aliphatic carbocycles. The second-order valence-corrected chi connectivity index (χ2v) is 5.32. The summed E-state index contributed by atoms with van der Waals surface area (Å²) in [5, 5.41) is 13.8. The van der Waals surface area contributed by atoms with Gasteiger partial charge < -0.3 is 10.4 Å². The monoisotopic (exact) mass is 312 g/mol. The Morgan fingerprint density at radius 3 is 2.73 bits per heavy atom. The van der Waals surface area contributed by atoms with Crippen LogP contribution in [0.3, 0.4) is 0 Å². The lowest BCUT2D eigenvalue weighted by Gasteiger charge is -2.11. The fraction of sp³-hybridized carbons (Fsp3) is 0.0588. The van der Waals surface area contributed by atoms with Gasteiger partial charge in [-0.15, -0.1) is 0 Å². The zero-order valence-corrected chi connectivity index (χ0v) is 12.3. The fourth-order valence-corrected chi connectivity index (χ4v) is 2.49. The van der Waals surface area contributed by atoms with Crippen LogP contribution in [0, 0.1) is 0 Å². The first-order chi connectivity index (χ1) is 10.6. The SMILES string of the molecule is O=C(O)Cc1cc(Nc2cccc(Cl)c2)c2ccccc2n1. The zero-order chi connectivity index (χ0) is 15.5. The van der Waals surface area contributed by atoms with E-state index in [4.69, 9.17) is 16.7 Å². The number of hydrogen-bond donors (Lipinski definition) is 2. The van der Waals surface area contributed by atoms with Crippen LogP contribution in [0.5, 0.6) is 0 Å². The molecule has 1 heterocycles. The summed E-state index contributed by atoms with van der Waals surface area (Å²) in [4.78, 5) is 15.3. The van der Waals surface area contributed by atoms with E-state index in [1.807, 2.05) is 42.5 Å². The quantitative estimate of drug-likeness (QED) is 0.755. The fourth-order valence-electron chi connectivity index (χ4n) is 2.30. The molecule has 0 unspecified atom stereocenters. The Kier molecular flexibility index (Phi) is 3.94. The van der Waals surface area contributed by atoms with E-state index < -0.39 is 5.97 Å². The topological polar surface area (TPSA) is 62.2 Å². The van der Waals surface area contributed by atoms with Crippen LogP contribution in [0.15, 0.2) is 54.6 Å². The molecular weight excluding hydrogens is 300 g/mol. The predicted molar refractivity (Wildman–Crippen MR) is 87.8 cm³/mol. The predicted octanol–water partition coefficient (Wildman–Crippen LogP) is 4.26. The van der Waals surface area contributed by atoms with Gasteiger partial charge >= 0.3 is 5.97 Å². The van der Waals surface area contributed by atoms with Crippen molar-refractivity contribution in [2.24, 2.45) is 0 Å². The lowest BCUT2D eigenvalue weighted by Crippen LogP contribution is -2.04. The first-order valence-corrected chi connectivity index (χ1v) is 7.13. The molecule has 3 rings (SSSR count). The van der Waals surface area contributed by atoms with E-state index in [1.165, 1.54) is 0 Å². The van der Waals surface area contributed by atoms with Crippen LogP contribution in [0.4, 0.5) is 11.4 Å². The third-order valence-electron chi connectivity index (χ3n) is 3.21. The summed E-state index contributed by atoms with van der Waals surface area (Å²) in [5.74, 6) is -0.906. The van der Waals surface area contributed by atoms with E-state index in [0.29, 0.717) is 10.7 Å². The van der Waals surface area contributed by atoms with Crippen molar-refractivity contribution in [1.29, 1.82) is 0 Å². The second-order valence-electron chi connectivity index (χ2n) is 4.88. The van der Waals surface area contributed by atoms with Gasteiger partial charge in [-0.25, -0.2) is 0 Å². The van der Waals surface area contributed by atoms with Gasteiger partial charge in [0.05, 0.1) is 17.6 Å². The van der Waals surface area contributed by atoms with Gasteiger partial charge in [0.1, 0.15) is 0 Å². The smallest absolute Gasteiger partial charge is 0.309 e. The van der Waals surface area contributed by atoms with Crippen molar-refractivity contribution in [2.75, 3.05) is 5.32 Å². The molecule has 3 aromatic rings. The highest BCUT2D eigenvalue weighted by molar-refractivity contribution is 6.30. The number of nitrogens with zero attached hydrogens (tertiary/aromatic N) is 1. The third-order valence-corrected chi connectivity index (χ3v) is 3.44. The Hall–Kier alpha value is -2.59. The highest BCUT2D eigenvalue weighted by atomic mass is 35.5. The third kappa shape index (κ3) is 3.18. The van der Waals surface area contributed by atoms with Gasteiger partial charge in [0.2, 0.25) is 0 Å². The van der Waals surface area contributed by atoms with Crippen LogP contribution in [0.1, 0.15) is 5.69 Å². The standard InChI is InChI=1S/C17H13ClN2O2/c18-11-4-3-5-12(8-11)19-16-9-13(10-17(21)22)20-15-7-2-1-6-14(15)16/h1-9H,10H2,(H,19,20)(H,21,22). The Morgan fingerprint density at radius 2 is 1.95 bits per heavy atom. The number of fused-ring (bicyclic) bond motifs is 1. The van der Waals surface area contributed by atoms with Crippen LogP contribution in [0.2, 0.25) is 5.02 Å². The van der Waals surface area contributed by atoms with Gasteiger partial charge in [0.15, 0.2) is 0 Å². The minimum atomic E-state index is -0.906. The molecule has 2 aromatic carbocycles. The number of carboxylic acid groups (broad SMARTS) is 1. The van der Waals surface area contributed by atoms with Crippen LogP contribution in [-0.2, 0) is 11.2 Å². The average Bonchev–Trinajstić information content (AvgIpc) is 2.46. The van der Waals surface area contributed by atoms with Crippen molar-refractivity contribution >= 4 is 39.8 Å². The van der Waals surface area contributed by atoms with Crippen molar-refractivity contribution in [2.45, 2.75) is 6.42 Å². The van der Waals surface area contributed by atoms with Crippen molar-refractivity contribution in [3.8, 4) is 0 Å². The van der Waals surface area contributed by atoms with Gasteiger partial charge in [0.25, 0.3) is 0 Å². The number of halogens is 1. The number of rotatable bonds is 4. The molecule has 5 heteroatoms. The van der Waals surface area contributed by atoms with Gasteiger partial charge in [-0.05, 0) is 30.3 Å². The molecule has 0 bridgehead atoms. The van der Waals surface area contributed by atoms with E-state index in [9.17, 15) is 4.79 Å². The highest BCUT2D eigenvalue weighted by Gasteiger charge is 2.09.